The molecule has 89 heavy (non-hydrogen) atoms. The number of aromatic nitrogens is 4. The van der Waals surface area contributed by atoms with Crippen molar-refractivity contribution in [1.29, 1.82) is 0 Å². The van der Waals surface area contributed by atoms with E-state index in [0.717, 1.165) is 119 Å². The van der Waals surface area contributed by atoms with Gasteiger partial charge in [-0.25, -0.2) is 9.97 Å². The molecule has 0 amide bonds. The van der Waals surface area contributed by atoms with Gasteiger partial charge in [-0.15, -0.1) is 0 Å². The summed E-state index contributed by atoms with van der Waals surface area (Å²) in [4.78, 5) is 11.6. The smallest absolute Gasteiger partial charge is 0.161 e. The Balaban J connectivity index is 1.31. The summed E-state index contributed by atoms with van der Waals surface area (Å²) in [5.74, 6) is 18.4. The van der Waals surface area contributed by atoms with Crippen LogP contribution >= 0.6 is 11.7 Å². The highest BCUT2D eigenvalue weighted by Crippen LogP contribution is 2.45. The summed E-state index contributed by atoms with van der Waals surface area (Å²) in [6.45, 7) is 11.5. The zero-order chi connectivity index (χ0) is 62.1. The van der Waals surface area contributed by atoms with Crippen LogP contribution in [-0.4, -0.2) is 59.4 Å². The Kier molecular flexibility index (Phi) is 29.6. The Morgan fingerprint density at radius 3 is 0.854 bits per heavy atom. The van der Waals surface area contributed by atoms with E-state index < -0.39 is 0 Å². The van der Waals surface area contributed by atoms with Gasteiger partial charge in [0.05, 0.1) is 74.5 Å². The van der Waals surface area contributed by atoms with Crippen molar-refractivity contribution in [2.45, 2.75) is 233 Å². The predicted octanol–water partition coefficient (Wildman–Crippen LogP) is 22.0. The van der Waals surface area contributed by atoms with E-state index in [2.05, 4.69) is 75.6 Å². The van der Waals surface area contributed by atoms with Crippen LogP contribution in [-0.2, 0) is 0 Å². The molecule has 0 bridgehead atoms. The third-order valence-corrected chi connectivity index (χ3v) is 17.7. The molecule has 476 valence electrons. The van der Waals surface area contributed by atoms with Gasteiger partial charge in [0.15, 0.2) is 23.0 Å². The maximum absolute atomic E-state index is 6.91. The number of nitrogens with zero attached hydrogens (tertiary/aromatic N) is 4. The van der Waals surface area contributed by atoms with Gasteiger partial charge in [-0.2, -0.15) is 8.75 Å². The second-order valence-corrected chi connectivity index (χ2v) is 24.8. The molecule has 11 heteroatoms. The van der Waals surface area contributed by atoms with Crippen molar-refractivity contribution in [3.8, 4) is 58.2 Å². The Morgan fingerprint density at radius 1 is 0.303 bits per heavy atom. The minimum absolute atomic E-state index is 0.584. The molecule has 0 aliphatic carbocycles. The van der Waals surface area contributed by atoms with Gasteiger partial charge >= 0.3 is 0 Å². The molecule has 2 aromatic heterocycles. The van der Waals surface area contributed by atoms with Gasteiger partial charge in [0, 0.05) is 21.9 Å². The third-order valence-electron chi connectivity index (χ3n) is 17.2. The molecular weight excluding hydrogens is 1120 g/mol. The van der Waals surface area contributed by atoms with Gasteiger partial charge < -0.3 is 28.4 Å². The molecule has 10 nitrogen and oxygen atoms in total. The van der Waals surface area contributed by atoms with Crippen molar-refractivity contribution in [3.63, 3.8) is 0 Å². The van der Waals surface area contributed by atoms with Crippen LogP contribution in [0.1, 0.15) is 255 Å². The summed E-state index contributed by atoms with van der Waals surface area (Å²) in [6, 6.07) is 24.3. The number of unbranched alkanes of at least 4 members (excludes halogenated alkanes) is 28. The van der Waals surface area contributed by atoms with Gasteiger partial charge in [0.25, 0.3) is 0 Å². The van der Waals surface area contributed by atoms with Crippen LogP contribution in [0.25, 0.3) is 54.6 Å². The van der Waals surface area contributed by atoms with Gasteiger partial charge in [-0.1, -0.05) is 231 Å². The average molecular weight is 1220 g/mol. The van der Waals surface area contributed by atoms with Crippen molar-refractivity contribution in [1.82, 2.24) is 18.7 Å². The monoisotopic (exact) mass is 1220 g/mol. The second-order valence-electron chi connectivity index (χ2n) is 24.3. The molecule has 0 N–H and O–H groups in total. The zero-order valence-corrected chi connectivity index (χ0v) is 55.8. The molecule has 0 saturated carbocycles. The van der Waals surface area contributed by atoms with E-state index in [-0.39, 0.29) is 0 Å². The van der Waals surface area contributed by atoms with Crippen LogP contribution in [0.4, 0.5) is 0 Å². The lowest BCUT2D eigenvalue weighted by Gasteiger charge is -2.19. The van der Waals surface area contributed by atoms with E-state index in [1.807, 2.05) is 48.5 Å². The molecule has 2 heterocycles. The Bertz CT molecular complexity index is 3310. The highest BCUT2D eigenvalue weighted by molar-refractivity contribution is 7.00. The van der Waals surface area contributed by atoms with Crippen molar-refractivity contribution in [3.05, 3.63) is 95.1 Å². The summed E-state index contributed by atoms with van der Waals surface area (Å²) in [5, 5.41) is 3.73. The topological polar surface area (TPSA) is 107 Å². The lowest BCUT2D eigenvalue weighted by Crippen LogP contribution is -2.05. The van der Waals surface area contributed by atoms with E-state index >= 15 is 0 Å². The lowest BCUT2D eigenvalue weighted by atomic mass is 9.97. The minimum Gasteiger partial charge on any atom is -0.497 e. The SMILES string of the molecule is CCCCCCCCCCOc1cc2c3cc(OCCCCCCCCCC)c(OCCCCCCCCCC)cc3c3nc4c(C#Cc5ccc(OC)cc5)c5nsnc5c(C#Cc5ccc(OC)cc5)c4nc3c2cc1OCCCCCCCCCC. The first-order valence-corrected chi connectivity index (χ1v) is 35.4. The highest BCUT2D eigenvalue weighted by atomic mass is 32.1. The largest absolute Gasteiger partial charge is 0.497 e. The molecular formula is C78H102N4O6S. The fraction of sp³-hybridized carbons (Fsp3) is 0.538. The van der Waals surface area contributed by atoms with Crippen LogP contribution in [0.5, 0.6) is 34.5 Å². The fourth-order valence-electron chi connectivity index (χ4n) is 11.8. The molecule has 8 aromatic rings. The summed E-state index contributed by atoms with van der Waals surface area (Å²) in [6.07, 6.45) is 39.0. The van der Waals surface area contributed by atoms with Crippen LogP contribution in [0.15, 0.2) is 72.8 Å². The number of benzene rings is 6. The van der Waals surface area contributed by atoms with E-state index in [4.69, 9.17) is 47.1 Å². The lowest BCUT2D eigenvalue weighted by molar-refractivity contribution is 0.258. The molecule has 0 saturated heterocycles. The third kappa shape index (κ3) is 20.6. The Labute approximate surface area is 537 Å². The molecule has 0 unspecified atom stereocenters. The first-order valence-electron chi connectivity index (χ1n) is 34.7. The first-order chi connectivity index (χ1) is 44.0. The molecule has 0 spiro atoms. The Hall–Kier alpha value is -6.82. The zero-order valence-electron chi connectivity index (χ0n) is 55.0. The number of hydrogen-bond acceptors (Lipinski definition) is 11. The summed E-state index contributed by atoms with van der Waals surface area (Å²) < 4.78 is 48.5. The van der Waals surface area contributed by atoms with Gasteiger partial charge in [-0.3, -0.25) is 0 Å². The summed E-state index contributed by atoms with van der Waals surface area (Å²) in [7, 11) is 3.34. The first kappa shape index (κ1) is 68.1. The summed E-state index contributed by atoms with van der Waals surface area (Å²) in [5.41, 5.74) is 6.75. The number of hydrogen-bond donors (Lipinski definition) is 0. The average Bonchev–Trinajstić information content (AvgIpc) is 1.44. The van der Waals surface area contributed by atoms with Crippen LogP contribution in [0, 0.1) is 23.7 Å². The van der Waals surface area contributed by atoms with Crippen molar-refractivity contribution >= 4 is 66.4 Å². The molecule has 0 aliphatic heterocycles. The van der Waals surface area contributed by atoms with Crippen LogP contribution in [0.3, 0.4) is 0 Å². The van der Waals surface area contributed by atoms with Crippen molar-refractivity contribution < 1.29 is 28.4 Å². The normalized spacial score (nSPS) is 11.3. The van der Waals surface area contributed by atoms with Crippen molar-refractivity contribution in [2.24, 2.45) is 0 Å². The van der Waals surface area contributed by atoms with E-state index in [1.54, 1.807) is 14.2 Å². The number of methoxy groups -OCH3 is 2. The molecule has 0 aliphatic rings. The highest BCUT2D eigenvalue weighted by Gasteiger charge is 2.24. The van der Waals surface area contributed by atoms with Gasteiger partial charge in [0.1, 0.15) is 33.6 Å². The maximum atomic E-state index is 6.91. The van der Waals surface area contributed by atoms with E-state index in [1.165, 1.54) is 154 Å². The fourth-order valence-corrected chi connectivity index (χ4v) is 12.4. The number of ether oxygens (including phenoxy) is 6. The Morgan fingerprint density at radius 2 is 0.573 bits per heavy atom. The molecule has 8 rings (SSSR count). The van der Waals surface area contributed by atoms with Gasteiger partial charge in [0.2, 0.25) is 0 Å². The van der Waals surface area contributed by atoms with Crippen molar-refractivity contribution in [2.75, 3.05) is 40.6 Å². The standard InChI is InChI=1S/C78H102N4O6S/c1-7-11-15-19-23-27-31-35-51-85-69-55-65-66-56-70(86-52-36-32-28-24-20-16-12-8-2)72(88-54-38-34-30-26-22-18-14-10-4)58-68(66)76-75(67(65)57-71(69)87-53-37-33-29-25-21-17-13-9-3)79-73-63(49-43-59-39-45-61(83-5)46-40-59)77-78(82-89-81-77)64(74(73)80-76)50-44-60-41-47-62(84-6)48-42-60/h39-42,45-48,55-58H,7-38,51-54H2,1-6H3. The minimum atomic E-state index is 0.584. The van der Waals surface area contributed by atoms with Crippen LogP contribution < -0.4 is 28.4 Å². The van der Waals surface area contributed by atoms with E-state index in [9.17, 15) is 0 Å². The molecule has 0 fully saturated rings. The van der Waals surface area contributed by atoms with Gasteiger partial charge in [-0.05, 0) is 109 Å². The summed E-state index contributed by atoms with van der Waals surface area (Å²) >= 11 is 1.14. The number of rotatable bonds is 42. The second kappa shape index (κ2) is 38.7. The van der Waals surface area contributed by atoms with E-state index in [0.29, 0.717) is 82.2 Å². The quantitative estimate of drug-likeness (QED) is 0.0159. The van der Waals surface area contributed by atoms with Crippen LogP contribution in [0.2, 0.25) is 0 Å². The predicted molar refractivity (Wildman–Crippen MR) is 373 cm³/mol. The number of fused-ring (bicyclic) bond motifs is 8. The molecule has 6 aromatic carbocycles. The molecule has 0 atom stereocenters. The molecule has 0 radical (unpaired) electrons. The maximum Gasteiger partial charge on any atom is 0.161 e.